The van der Waals surface area contributed by atoms with E-state index in [1.165, 1.54) is 0 Å². The van der Waals surface area contributed by atoms with Crippen LogP contribution in [0, 0.1) is 0 Å². The lowest BCUT2D eigenvalue weighted by molar-refractivity contribution is -0.142. The lowest BCUT2D eigenvalue weighted by Gasteiger charge is -2.44. The van der Waals surface area contributed by atoms with Gasteiger partial charge < -0.3 is 19.3 Å². The van der Waals surface area contributed by atoms with Gasteiger partial charge in [-0.2, -0.15) is 0 Å². The fraction of sp³-hybridized carbons (Fsp3) is 0.857. The number of imide groups is 1. The zero-order valence-corrected chi connectivity index (χ0v) is 13.3. The van der Waals surface area contributed by atoms with E-state index in [9.17, 15) is 14.7 Å². The van der Waals surface area contributed by atoms with Crippen LogP contribution in [-0.4, -0.2) is 58.6 Å². The van der Waals surface area contributed by atoms with E-state index in [1.807, 2.05) is 19.2 Å². The molecule has 7 nitrogen and oxygen atoms in total. The molecule has 3 aliphatic rings. The summed E-state index contributed by atoms with van der Waals surface area (Å²) in [7, 11) is 0. The van der Waals surface area contributed by atoms with Gasteiger partial charge in [0.05, 0.1) is 12.7 Å². The number of alkyl halides is 1. The zero-order chi connectivity index (χ0) is 16.2. The van der Waals surface area contributed by atoms with Gasteiger partial charge in [-0.15, -0.1) is 11.6 Å². The summed E-state index contributed by atoms with van der Waals surface area (Å²) in [4.78, 5) is 22.7. The van der Waals surface area contributed by atoms with Crippen molar-refractivity contribution >= 4 is 23.6 Å². The van der Waals surface area contributed by atoms with Crippen LogP contribution >= 0.6 is 11.6 Å². The minimum absolute atomic E-state index is 0.0797. The molecule has 3 rings (SSSR count). The van der Waals surface area contributed by atoms with E-state index in [0.29, 0.717) is 19.4 Å². The summed E-state index contributed by atoms with van der Waals surface area (Å²) in [6, 6.07) is 0. The first-order valence-corrected chi connectivity index (χ1v) is 7.90. The minimum Gasteiger partial charge on any atom is -0.446 e. The number of hydrogen-bond acceptors (Lipinski definition) is 6. The van der Waals surface area contributed by atoms with Gasteiger partial charge in [-0.25, -0.2) is 4.79 Å². The second kappa shape index (κ2) is 5.06. The summed E-state index contributed by atoms with van der Waals surface area (Å²) in [6.45, 7) is 4.23. The molecule has 2 aliphatic heterocycles. The molecule has 0 bridgehead atoms. The summed E-state index contributed by atoms with van der Waals surface area (Å²) in [6.07, 6.45) is -0.0666. The average molecular weight is 334 g/mol. The second-order valence-corrected chi connectivity index (χ2v) is 6.73. The molecule has 2 N–H and O–H groups in total. The monoisotopic (exact) mass is 333 g/mol. The number of rotatable bonds is 3. The molecule has 1 saturated carbocycles. The van der Waals surface area contributed by atoms with Gasteiger partial charge in [-0.1, -0.05) is 0 Å². The number of carbonyl (C=O) groups is 2. The molecule has 1 aliphatic carbocycles. The van der Waals surface area contributed by atoms with Crippen LogP contribution in [0.5, 0.6) is 0 Å². The van der Waals surface area contributed by atoms with Gasteiger partial charge in [0.25, 0.3) is 0 Å². The Labute approximate surface area is 133 Å². The maximum Gasteiger partial charge on any atom is 0.414 e. The number of amides is 2. The van der Waals surface area contributed by atoms with Crippen molar-refractivity contribution in [2.24, 2.45) is 0 Å². The molecule has 2 saturated heterocycles. The Morgan fingerprint density at radius 2 is 2.14 bits per heavy atom. The largest absolute Gasteiger partial charge is 0.446 e. The molecular weight excluding hydrogens is 314 g/mol. The lowest BCUT2D eigenvalue weighted by atomic mass is 9.66. The van der Waals surface area contributed by atoms with Crippen LogP contribution < -0.4 is 5.32 Å². The molecule has 2 heterocycles. The number of carbonyl (C=O) groups excluding carboxylic acids is 2. The fourth-order valence-electron chi connectivity index (χ4n) is 3.54. The highest BCUT2D eigenvalue weighted by atomic mass is 35.5. The maximum absolute atomic E-state index is 11.6. The summed E-state index contributed by atoms with van der Waals surface area (Å²) in [5, 5.41) is 13.2. The minimum atomic E-state index is -1.21. The van der Waals surface area contributed by atoms with Crippen molar-refractivity contribution in [1.29, 1.82) is 0 Å². The molecule has 0 radical (unpaired) electrons. The summed E-state index contributed by atoms with van der Waals surface area (Å²) in [5.41, 5.74) is -2.51. The molecule has 124 valence electrons. The highest BCUT2D eigenvalue weighted by Crippen LogP contribution is 2.60. The van der Waals surface area contributed by atoms with Gasteiger partial charge in [0, 0.05) is 6.42 Å². The molecule has 8 heteroatoms. The van der Waals surface area contributed by atoms with Crippen LogP contribution in [0.2, 0.25) is 0 Å². The fourth-order valence-corrected chi connectivity index (χ4v) is 3.61. The van der Waals surface area contributed by atoms with Crippen molar-refractivity contribution < 1.29 is 28.9 Å². The first kappa shape index (κ1) is 16.0. The van der Waals surface area contributed by atoms with E-state index in [-0.39, 0.29) is 18.4 Å². The van der Waals surface area contributed by atoms with Gasteiger partial charge in [0.15, 0.2) is 0 Å². The highest BCUT2D eigenvalue weighted by molar-refractivity contribution is 6.28. The van der Waals surface area contributed by atoms with Crippen LogP contribution in [-0.2, 0) is 19.0 Å². The van der Waals surface area contributed by atoms with Crippen LogP contribution in [0.1, 0.15) is 33.1 Å². The van der Waals surface area contributed by atoms with E-state index < -0.39 is 34.9 Å². The van der Waals surface area contributed by atoms with Crippen LogP contribution in [0.15, 0.2) is 0 Å². The quantitative estimate of drug-likeness (QED) is 0.582. The molecule has 5 unspecified atom stereocenters. The smallest absolute Gasteiger partial charge is 0.414 e. The van der Waals surface area contributed by atoms with Crippen LogP contribution in [0.4, 0.5) is 4.79 Å². The number of alkyl carbamates (subject to hydrolysis) is 1. The first-order valence-electron chi connectivity index (χ1n) is 7.37. The van der Waals surface area contributed by atoms with Crippen molar-refractivity contribution in [3.8, 4) is 0 Å². The van der Waals surface area contributed by atoms with Crippen LogP contribution in [0.3, 0.4) is 0 Å². The Hall–Kier alpha value is -0.890. The first-order chi connectivity index (χ1) is 10.3. The van der Waals surface area contributed by atoms with Gasteiger partial charge >= 0.3 is 6.09 Å². The van der Waals surface area contributed by atoms with E-state index >= 15 is 0 Å². The third kappa shape index (κ3) is 2.31. The standard InChI is InChI=1S/C14H20ClNO6/c1-8-12(2,22-8)14(19)5-9(3-4-13(14)7-20-13)21-11(18)16-10(17)6-15/h8-9,19H,3-7H2,1-2H3,(H,16,17,18). The molecule has 0 aromatic rings. The molecule has 1 spiro atoms. The zero-order valence-electron chi connectivity index (χ0n) is 12.6. The topological polar surface area (TPSA) is 101 Å². The van der Waals surface area contributed by atoms with Crippen molar-refractivity contribution in [2.75, 3.05) is 12.5 Å². The summed E-state index contributed by atoms with van der Waals surface area (Å²) >= 11 is 5.32. The second-order valence-electron chi connectivity index (χ2n) is 6.46. The van der Waals surface area contributed by atoms with Gasteiger partial charge in [0.2, 0.25) is 5.91 Å². The average Bonchev–Trinajstić information content (AvgIpc) is 3.34. The predicted molar refractivity (Wildman–Crippen MR) is 75.6 cm³/mol. The summed E-state index contributed by atoms with van der Waals surface area (Å²) in [5.74, 6) is -0.935. The maximum atomic E-state index is 11.6. The normalized spacial score (nSPS) is 46.2. The molecule has 22 heavy (non-hydrogen) atoms. The number of aliphatic hydroxyl groups is 1. The van der Waals surface area contributed by atoms with Gasteiger partial charge in [-0.05, 0) is 26.7 Å². The lowest BCUT2D eigenvalue weighted by Crippen LogP contribution is -2.61. The van der Waals surface area contributed by atoms with Gasteiger partial charge in [0.1, 0.15) is 28.8 Å². The SMILES string of the molecule is CC1OC1(C)C1(O)CC(OC(=O)NC(=O)CCl)CCC12CO2. The van der Waals surface area contributed by atoms with Crippen molar-refractivity contribution in [3.63, 3.8) is 0 Å². The molecule has 3 fully saturated rings. The van der Waals surface area contributed by atoms with E-state index in [4.69, 9.17) is 25.8 Å². The number of epoxide rings is 2. The number of hydrogen-bond donors (Lipinski definition) is 2. The number of ether oxygens (including phenoxy) is 3. The highest BCUT2D eigenvalue weighted by Gasteiger charge is 2.77. The molecular formula is C14H20ClNO6. The third-order valence-corrected chi connectivity index (χ3v) is 5.48. The van der Waals surface area contributed by atoms with E-state index in [0.717, 1.165) is 0 Å². The third-order valence-electron chi connectivity index (χ3n) is 5.24. The number of nitrogens with one attached hydrogen (secondary N) is 1. The van der Waals surface area contributed by atoms with Crippen molar-refractivity contribution in [1.82, 2.24) is 5.32 Å². The van der Waals surface area contributed by atoms with E-state index in [2.05, 4.69) is 0 Å². The van der Waals surface area contributed by atoms with Crippen molar-refractivity contribution in [2.45, 2.75) is 62.1 Å². The Balaban J connectivity index is 1.67. The Morgan fingerprint density at radius 1 is 1.50 bits per heavy atom. The molecule has 2 amide bonds. The Kier molecular flexibility index (Phi) is 3.67. The van der Waals surface area contributed by atoms with Crippen molar-refractivity contribution in [3.05, 3.63) is 0 Å². The Morgan fingerprint density at radius 3 is 2.64 bits per heavy atom. The van der Waals surface area contributed by atoms with Crippen LogP contribution in [0.25, 0.3) is 0 Å². The van der Waals surface area contributed by atoms with E-state index in [1.54, 1.807) is 0 Å². The molecule has 0 aromatic carbocycles. The molecule has 0 aromatic heterocycles. The molecule has 5 atom stereocenters. The summed E-state index contributed by atoms with van der Waals surface area (Å²) < 4.78 is 16.4. The number of halogens is 1. The Bertz CT molecular complexity index is 506. The van der Waals surface area contributed by atoms with Gasteiger partial charge in [-0.3, -0.25) is 10.1 Å². The predicted octanol–water partition coefficient (Wildman–Crippen LogP) is 0.708.